The van der Waals surface area contributed by atoms with Gasteiger partial charge in [-0.2, -0.15) is 0 Å². The lowest BCUT2D eigenvalue weighted by molar-refractivity contribution is 0.0696. The smallest absolute Gasteiger partial charge is 0.335 e. The van der Waals surface area contributed by atoms with Crippen LogP contribution in [0.3, 0.4) is 0 Å². The second kappa shape index (κ2) is 6.56. The van der Waals surface area contributed by atoms with Crippen LogP contribution in [0.5, 0.6) is 5.75 Å². The summed E-state index contributed by atoms with van der Waals surface area (Å²) >= 11 is 0. The van der Waals surface area contributed by atoms with Crippen LogP contribution < -0.4 is 10.1 Å². The van der Waals surface area contributed by atoms with Crippen LogP contribution in [-0.4, -0.2) is 24.2 Å². The van der Waals surface area contributed by atoms with Crippen LogP contribution in [0.25, 0.3) is 0 Å². The highest BCUT2D eigenvalue weighted by atomic mass is 19.1. The van der Waals surface area contributed by atoms with Gasteiger partial charge in [0.2, 0.25) is 0 Å². The van der Waals surface area contributed by atoms with E-state index in [2.05, 4.69) is 5.32 Å². The van der Waals surface area contributed by atoms with E-state index in [1.54, 1.807) is 30.3 Å². The minimum absolute atomic E-state index is 0.171. The number of nitrogens with one attached hydrogen (secondary N) is 1. The molecule has 0 spiro atoms. The molecule has 0 aliphatic rings. The Balaban J connectivity index is 1.83. The van der Waals surface area contributed by atoms with Crippen molar-refractivity contribution in [1.29, 1.82) is 0 Å². The Bertz CT molecular complexity index is 601. The maximum atomic E-state index is 13.3. The summed E-state index contributed by atoms with van der Waals surface area (Å²) in [7, 11) is 0. The SMILES string of the molecule is O=C(O)c1cccc(OCCNc2ccccc2F)c1. The molecule has 104 valence electrons. The molecule has 0 unspecified atom stereocenters. The average Bonchev–Trinajstić information content (AvgIpc) is 2.45. The molecule has 5 heteroatoms. The van der Waals surface area contributed by atoms with Crippen molar-refractivity contribution in [2.45, 2.75) is 0 Å². The Hall–Kier alpha value is -2.56. The monoisotopic (exact) mass is 275 g/mol. The molecule has 4 nitrogen and oxygen atoms in total. The van der Waals surface area contributed by atoms with Crippen molar-refractivity contribution >= 4 is 11.7 Å². The van der Waals surface area contributed by atoms with E-state index < -0.39 is 5.97 Å². The fourth-order valence-corrected chi connectivity index (χ4v) is 1.68. The van der Waals surface area contributed by atoms with Gasteiger partial charge in [0.1, 0.15) is 18.2 Å². The summed E-state index contributed by atoms with van der Waals surface area (Å²) in [6, 6.07) is 12.6. The van der Waals surface area contributed by atoms with Crippen molar-refractivity contribution in [3.63, 3.8) is 0 Å². The first kappa shape index (κ1) is 13.9. The van der Waals surface area contributed by atoms with Gasteiger partial charge in [0, 0.05) is 6.54 Å². The zero-order chi connectivity index (χ0) is 14.4. The average molecular weight is 275 g/mol. The largest absolute Gasteiger partial charge is 0.492 e. The topological polar surface area (TPSA) is 58.6 Å². The van der Waals surface area contributed by atoms with Gasteiger partial charge in [-0.3, -0.25) is 0 Å². The number of rotatable bonds is 6. The fourth-order valence-electron chi connectivity index (χ4n) is 1.68. The lowest BCUT2D eigenvalue weighted by atomic mass is 10.2. The molecule has 0 heterocycles. The van der Waals surface area contributed by atoms with E-state index in [4.69, 9.17) is 9.84 Å². The molecule has 2 N–H and O–H groups in total. The molecule has 2 aromatic rings. The molecule has 2 aromatic carbocycles. The predicted octanol–water partition coefficient (Wildman–Crippen LogP) is 3.01. The Labute approximate surface area is 115 Å². The van der Waals surface area contributed by atoms with Gasteiger partial charge in [-0.1, -0.05) is 18.2 Å². The van der Waals surface area contributed by atoms with Crippen LogP contribution in [0.15, 0.2) is 48.5 Å². The lowest BCUT2D eigenvalue weighted by Gasteiger charge is -2.09. The number of aromatic carboxylic acids is 1. The molecule has 0 amide bonds. The van der Waals surface area contributed by atoms with Crippen LogP contribution in [0.2, 0.25) is 0 Å². The molecule has 2 rings (SSSR count). The predicted molar refractivity (Wildman–Crippen MR) is 73.8 cm³/mol. The summed E-state index contributed by atoms with van der Waals surface area (Å²) in [5.74, 6) is -0.847. The van der Waals surface area contributed by atoms with Gasteiger partial charge in [0.25, 0.3) is 0 Å². The Kier molecular flexibility index (Phi) is 4.55. The van der Waals surface area contributed by atoms with E-state index in [9.17, 15) is 9.18 Å². The van der Waals surface area contributed by atoms with Crippen molar-refractivity contribution in [1.82, 2.24) is 0 Å². The first-order chi connectivity index (χ1) is 9.66. The molecule has 0 atom stereocenters. The quantitative estimate of drug-likeness (QED) is 0.796. The molecule has 0 saturated carbocycles. The molecule has 0 aliphatic heterocycles. The molecule has 0 aromatic heterocycles. The number of carboxylic acid groups (broad SMARTS) is 1. The Morgan fingerprint density at radius 3 is 2.75 bits per heavy atom. The molecule has 0 fully saturated rings. The standard InChI is InChI=1S/C15H14FNO3/c16-13-6-1-2-7-14(13)17-8-9-20-12-5-3-4-11(10-12)15(18)19/h1-7,10,17H,8-9H2,(H,18,19). The van der Waals surface area contributed by atoms with Crippen molar-refractivity contribution in [3.8, 4) is 5.75 Å². The van der Waals surface area contributed by atoms with Crippen molar-refractivity contribution in [2.75, 3.05) is 18.5 Å². The lowest BCUT2D eigenvalue weighted by Crippen LogP contribution is -2.12. The third kappa shape index (κ3) is 3.71. The van der Waals surface area contributed by atoms with Gasteiger partial charge in [0.15, 0.2) is 0 Å². The number of para-hydroxylation sites is 1. The summed E-state index contributed by atoms with van der Waals surface area (Å²) < 4.78 is 18.7. The van der Waals surface area contributed by atoms with E-state index in [1.165, 1.54) is 18.2 Å². The molecule has 0 saturated heterocycles. The number of anilines is 1. The fraction of sp³-hybridized carbons (Fsp3) is 0.133. The minimum atomic E-state index is -1.00. The molecule has 0 bridgehead atoms. The van der Waals surface area contributed by atoms with Crippen molar-refractivity contribution < 1.29 is 19.0 Å². The highest BCUT2D eigenvalue weighted by Crippen LogP contribution is 2.14. The van der Waals surface area contributed by atoms with Crippen LogP contribution in [0, 0.1) is 5.82 Å². The Morgan fingerprint density at radius 1 is 1.20 bits per heavy atom. The Morgan fingerprint density at radius 2 is 2.00 bits per heavy atom. The van der Waals surface area contributed by atoms with Gasteiger partial charge in [-0.25, -0.2) is 9.18 Å². The molecule has 0 radical (unpaired) electrons. The number of hydrogen-bond donors (Lipinski definition) is 2. The van der Waals surface area contributed by atoms with Crippen molar-refractivity contribution in [2.24, 2.45) is 0 Å². The van der Waals surface area contributed by atoms with Gasteiger partial charge in [-0.05, 0) is 30.3 Å². The summed E-state index contributed by atoms with van der Waals surface area (Å²) in [4.78, 5) is 10.8. The van der Waals surface area contributed by atoms with E-state index >= 15 is 0 Å². The number of halogens is 1. The number of carbonyl (C=O) groups is 1. The third-order valence-electron chi connectivity index (χ3n) is 2.64. The molecule has 0 aliphatic carbocycles. The van der Waals surface area contributed by atoms with Crippen LogP contribution >= 0.6 is 0 Å². The summed E-state index contributed by atoms with van der Waals surface area (Å²) in [6.07, 6.45) is 0. The highest BCUT2D eigenvalue weighted by Gasteiger charge is 2.04. The highest BCUT2D eigenvalue weighted by molar-refractivity contribution is 5.87. The van der Waals surface area contributed by atoms with Crippen LogP contribution in [-0.2, 0) is 0 Å². The zero-order valence-electron chi connectivity index (χ0n) is 10.7. The molecule has 20 heavy (non-hydrogen) atoms. The summed E-state index contributed by atoms with van der Waals surface area (Å²) in [6.45, 7) is 0.718. The van der Waals surface area contributed by atoms with Gasteiger partial charge < -0.3 is 15.2 Å². The zero-order valence-corrected chi connectivity index (χ0v) is 10.7. The van der Waals surface area contributed by atoms with E-state index in [0.717, 1.165) is 0 Å². The van der Waals surface area contributed by atoms with Crippen LogP contribution in [0.1, 0.15) is 10.4 Å². The minimum Gasteiger partial charge on any atom is -0.492 e. The first-order valence-corrected chi connectivity index (χ1v) is 6.11. The molecular formula is C15H14FNO3. The number of carboxylic acids is 1. The molecular weight excluding hydrogens is 261 g/mol. The first-order valence-electron chi connectivity index (χ1n) is 6.11. The summed E-state index contributed by atoms with van der Waals surface area (Å²) in [5, 5.41) is 11.8. The van der Waals surface area contributed by atoms with Gasteiger partial charge in [0.05, 0.1) is 11.3 Å². The second-order valence-corrected chi connectivity index (χ2v) is 4.09. The van der Waals surface area contributed by atoms with Gasteiger partial charge >= 0.3 is 5.97 Å². The van der Waals surface area contributed by atoms with Crippen LogP contribution in [0.4, 0.5) is 10.1 Å². The maximum absolute atomic E-state index is 13.3. The van der Waals surface area contributed by atoms with E-state index in [0.29, 0.717) is 24.6 Å². The van der Waals surface area contributed by atoms with E-state index in [-0.39, 0.29) is 11.4 Å². The number of benzene rings is 2. The van der Waals surface area contributed by atoms with Gasteiger partial charge in [-0.15, -0.1) is 0 Å². The summed E-state index contributed by atoms with van der Waals surface area (Å²) in [5.41, 5.74) is 0.583. The van der Waals surface area contributed by atoms with E-state index in [1.807, 2.05) is 0 Å². The number of ether oxygens (including phenoxy) is 1. The normalized spacial score (nSPS) is 10.1. The maximum Gasteiger partial charge on any atom is 0.335 e. The van der Waals surface area contributed by atoms with Crippen molar-refractivity contribution in [3.05, 3.63) is 59.9 Å². The number of hydrogen-bond acceptors (Lipinski definition) is 3. The second-order valence-electron chi connectivity index (χ2n) is 4.09. The third-order valence-corrected chi connectivity index (χ3v) is 2.64.